The van der Waals surface area contributed by atoms with Crippen LogP contribution in [0.2, 0.25) is 0 Å². The van der Waals surface area contributed by atoms with Crippen molar-refractivity contribution in [2.75, 3.05) is 0 Å². The Balaban J connectivity index is 1.19. The highest BCUT2D eigenvalue weighted by Gasteiger charge is 2.22. The average Bonchev–Trinajstić information content (AvgIpc) is 3.89. The van der Waals surface area contributed by atoms with Crippen LogP contribution in [0.4, 0.5) is 0 Å². The molecule has 51 heavy (non-hydrogen) atoms. The Morgan fingerprint density at radius 2 is 1.20 bits per heavy atom. The van der Waals surface area contributed by atoms with Crippen LogP contribution in [0.25, 0.3) is 94.3 Å². The predicted molar refractivity (Wildman–Crippen MR) is 206 cm³/mol. The smallest absolute Gasteiger partial charge is 0.182 e. The molecule has 0 N–H and O–H groups in total. The lowest BCUT2D eigenvalue weighted by molar-refractivity contribution is 1.00. The molecule has 7 nitrogen and oxygen atoms in total. The van der Waals surface area contributed by atoms with E-state index in [0.29, 0.717) is 5.82 Å². The van der Waals surface area contributed by atoms with Gasteiger partial charge in [0.25, 0.3) is 0 Å². The summed E-state index contributed by atoms with van der Waals surface area (Å²) in [7, 11) is 0. The van der Waals surface area contributed by atoms with Gasteiger partial charge >= 0.3 is 0 Å². The van der Waals surface area contributed by atoms with Crippen LogP contribution in [-0.4, -0.2) is 33.7 Å². The summed E-state index contributed by atoms with van der Waals surface area (Å²) >= 11 is 0. The second-order valence-corrected chi connectivity index (χ2v) is 12.8. The molecule has 7 heteroatoms. The van der Waals surface area contributed by atoms with E-state index in [1.54, 1.807) is 0 Å². The van der Waals surface area contributed by atoms with E-state index < -0.39 is 0 Å². The topological polar surface area (TPSA) is 65.8 Å². The fourth-order valence-electron chi connectivity index (χ4n) is 7.78. The van der Waals surface area contributed by atoms with Gasteiger partial charge in [0.1, 0.15) is 5.69 Å². The Morgan fingerprint density at radius 3 is 2.04 bits per heavy atom. The molecule has 238 valence electrons. The number of hydrogen-bond acceptors (Lipinski definition) is 4. The minimum Gasteiger partial charge on any atom is -0.309 e. The maximum Gasteiger partial charge on any atom is 0.182 e. The van der Waals surface area contributed by atoms with Crippen LogP contribution in [0.3, 0.4) is 0 Å². The second-order valence-electron chi connectivity index (χ2n) is 12.8. The Bertz CT molecular complexity index is 3140. The molecule has 0 fully saturated rings. The molecule has 11 rings (SSSR count). The van der Waals surface area contributed by atoms with Gasteiger partial charge in [-0.1, -0.05) is 97.1 Å². The fraction of sp³-hybridized carbons (Fsp3) is 0. The number of benzene rings is 6. The van der Waals surface area contributed by atoms with Crippen LogP contribution >= 0.6 is 0 Å². The molecule has 0 aliphatic heterocycles. The third-order valence-corrected chi connectivity index (χ3v) is 9.94. The standard InChI is InChI=1S/C44H27N7/c1-2-12-28(13-3-1)41-44-47-43(48-51(44)38-22-9-6-19-35(38)46-41)29-14-10-15-30(26-29)50-36-20-7-4-17-32(36)33-23-24-39-40(42(33)50)34-18-5-8-21-37(34)49(39)31-16-11-25-45-27-31/h1-27H. The Kier molecular flexibility index (Phi) is 5.83. The van der Waals surface area contributed by atoms with Crippen LogP contribution < -0.4 is 0 Å². The minimum absolute atomic E-state index is 0.645. The second kappa shape index (κ2) is 10.7. The Morgan fingerprint density at radius 1 is 0.471 bits per heavy atom. The molecule has 5 aromatic heterocycles. The molecule has 0 aliphatic rings. The van der Waals surface area contributed by atoms with Crippen LogP contribution in [0.15, 0.2) is 164 Å². The summed E-state index contributed by atoms with van der Waals surface area (Å²) in [5.41, 5.74) is 11.9. The van der Waals surface area contributed by atoms with Gasteiger partial charge in [0.2, 0.25) is 0 Å². The number of fused-ring (bicyclic) bond motifs is 10. The zero-order valence-electron chi connectivity index (χ0n) is 27.2. The largest absolute Gasteiger partial charge is 0.309 e. The summed E-state index contributed by atoms with van der Waals surface area (Å²) in [6.45, 7) is 0. The first-order valence-electron chi connectivity index (χ1n) is 17.0. The lowest BCUT2D eigenvalue weighted by Gasteiger charge is -2.11. The molecule has 0 unspecified atom stereocenters. The first-order chi connectivity index (χ1) is 25.3. The molecular weight excluding hydrogens is 627 g/mol. The van der Waals surface area contributed by atoms with Gasteiger partial charge in [0, 0.05) is 44.6 Å². The molecule has 0 aliphatic carbocycles. The van der Waals surface area contributed by atoms with E-state index in [9.17, 15) is 0 Å². The van der Waals surface area contributed by atoms with Crippen molar-refractivity contribution >= 4 is 60.3 Å². The van der Waals surface area contributed by atoms with Gasteiger partial charge in [-0.05, 0) is 54.6 Å². The quantitative estimate of drug-likeness (QED) is 0.190. The first-order valence-corrected chi connectivity index (χ1v) is 17.0. The van der Waals surface area contributed by atoms with Crippen molar-refractivity contribution in [3.63, 3.8) is 0 Å². The molecule has 0 saturated carbocycles. The highest BCUT2D eigenvalue weighted by Crippen LogP contribution is 2.42. The van der Waals surface area contributed by atoms with E-state index in [4.69, 9.17) is 15.1 Å². The SMILES string of the molecule is c1ccc(-c2nc3ccccc3n3nc(-c4cccc(-n5c6ccccc6c6ccc7c(c8ccccc8n7-c7cccnc7)c65)c4)nc23)cc1. The van der Waals surface area contributed by atoms with Crippen molar-refractivity contribution < 1.29 is 0 Å². The number of pyridine rings is 1. The summed E-state index contributed by atoms with van der Waals surface area (Å²) in [5.74, 6) is 0.645. The highest BCUT2D eigenvalue weighted by atomic mass is 15.3. The van der Waals surface area contributed by atoms with Gasteiger partial charge in [-0.25, -0.2) is 14.5 Å². The average molecular weight is 654 g/mol. The molecule has 6 aromatic carbocycles. The molecule has 0 atom stereocenters. The molecule has 0 amide bonds. The van der Waals surface area contributed by atoms with Gasteiger partial charge in [-0.15, -0.1) is 5.10 Å². The summed E-state index contributed by atoms with van der Waals surface area (Å²) in [5, 5.41) is 9.91. The van der Waals surface area contributed by atoms with Gasteiger partial charge in [-0.2, -0.15) is 0 Å². The zero-order valence-corrected chi connectivity index (χ0v) is 27.2. The van der Waals surface area contributed by atoms with Gasteiger partial charge < -0.3 is 9.13 Å². The molecule has 5 heterocycles. The van der Waals surface area contributed by atoms with E-state index in [1.807, 2.05) is 65.4 Å². The highest BCUT2D eigenvalue weighted by molar-refractivity contribution is 6.26. The van der Waals surface area contributed by atoms with Gasteiger partial charge in [0.15, 0.2) is 11.5 Å². The maximum absolute atomic E-state index is 5.16. The number of hydrogen-bond donors (Lipinski definition) is 0. The van der Waals surface area contributed by atoms with Crippen LogP contribution in [0.5, 0.6) is 0 Å². The lowest BCUT2D eigenvalue weighted by atomic mass is 10.1. The van der Waals surface area contributed by atoms with E-state index in [-0.39, 0.29) is 0 Å². The van der Waals surface area contributed by atoms with Crippen molar-refractivity contribution in [2.24, 2.45) is 0 Å². The third-order valence-electron chi connectivity index (χ3n) is 9.94. The van der Waals surface area contributed by atoms with E-state index in [1.165, 1.54) is 21.5 Å². The van der Waals surface area contributed by atoms with E-state index in [2.05, 4.69) is 117 Å². The normalized spacial score (nSPS) is 11.9. The molecule has 0 spiro atoms. The Labute approximate surface area is 291 Å². The van der Waals surface area contributed by atoms with Gasteiger partial charge in [-0.3, -0.25) is 4.98 Å². The van der Waals surface area contributed by atoms with Crippen LogP contribution in [0.1, 0.15) is 0 Å². The van der Waals surface area contributed by atoms with Crippen molar-refractivity contribution in [1.82, 2.24) is 33.7 Å². The monoisotopic (exact) mass is 653 g/mol. The zero-order chi connectivity index (χ0) is 33.5. The first kappa shape index (κ1) is 27.8. The van der Waals surface area contributed by atoms with Crippen molar-refractivity contribution in [3.05, 3.63) is 164 Å². The molecule has 0 bridgehead atoms. The molecule has 0 saturated heterocycles. The summed E-state index contributed by atoms with van der Waals surface area (Å²) in [6.07, 6.45) is 3.75. The number of para-hydroxylation sites is 4. The van der Waals surface area contributed by atoms with E-state index >= 15 is 0 Å². The predicted octanol–water partition coefficient (Wildman–Crippen LogP) is 10.2. The third kappa shape index (κ3) is 4.06. The lowest BCUT2D eigenvalue weighted by Crippen LogP contribution is -1.97. The number of rotatable bonds is 4. The van der Waals surface area contributed by atoms with Crippen LogP contribution in [-0.2, 0) is 0 Å². The van der Waals surface area contributed by atoms with Gasteiger partial charge in [0.05, 0.1) is 45.0 Å². The van der Waals surface area contributed by atoms with E-state index in [0.717, 1.165) is 66.9 Å². The molecule has 0 radical (unpaired) electrons. The Hall–Kier alpha value is -7.12. The molecule has 11 aromatic rings. The van der Waals surface area contributed by atoms with Crippen LogP contribution in [0, 0.1) is 0 Å². The number of nitrogens with zero attached hydrogens (tertiary/aromatic N) is 7. The minimum atomic E-state index is 0.645. The summed E-state index contributed by atoms with van der Waals surface area (Å²) < 4.78 is 6.65. The van der Waals surface area contributed by atoms with Crippen molar-refractivity contribution in [2.45, 2.75) is 0 Å². The fourth-order valence-corrected chi connectivity index (χ4v) is 7.78. The molecular formula is C44H27N7. The summed E-state index contributed by atoms with van der Waals surface area (Å²) in [6, 6.07) is 52.8. The summed E-state index contributed by atoms with van der Waals surface area (Å²) in [4.78, 5) is 14.7. The maximum atomic E-state index is 5.16. The van der Waals surface area contributed by atoms with Crippen molar-refractivity contribution in [1.29, 1.82) is 0 Å². The van der Waals surface area contributed by atoms with Crippen molar-refractivity contribution in [3.8, 4) is 34.0 Å². The number of aromatic nitrogens is 7.